The number of aromatic amines is 1. The SMILES string of the molecule is Nc1c2c(cc(=O)n1-c1ccc3nc(-c4cccs4)[nH]c3c1)C(=O)NC2=O. The van der Waals surface area contributed by atoms with Crippen LogP contribution in [0.5, 0.6) is 0 Å². The Bertz CT molecular complexity index is 1320. The number of nitrogens with zero attached hydrogens (tertiary/aromatic N) is 2. The number of hydrogen-bond acceptors (Lipinski definition) is 6. The molecule has 0 saturated heterocycles. The summed E-state index contributed by atoms with van der Waals surface area (Å²) in [6.45, 7) is 0. The summed E-state index contributed by atoms with van der Waals surface area (Å²) in [7, 11) is 0. The van der Waals surface area contributed by atoms with E-state index in [1.54, 1.807) is 29.5 Å². The lowest BCUT2D eigenvalue weighted by Crippen LogP contribution is -2.24. The molecule has 0 saturated carbocycles. The van der Waals surface area contributed by atoms with Crippen LogP contribution in [0.1, 0.15) is 20.7 Å². The van der Waals surface area contributed by atoms with Crippen molar-refractivity contribution in [3.63, 3.8) is 0 Å². The van der Waals surface area contributed by atoms with Crippen LogP contribution in [0.3, 0.4) is 0 Å². The molecule has 27 heavy (non-hydrogen) atoms. The molecule has 0 bridgehead atoms. The summed E-state index contributed by atoms with van der Waals surface area (Å²) in [5, 5.41) is 4.12. The molecule has 4 heterocycles. The van der Waals surface area contributed by atoms with Crippen LogP contribution in [0.25, 0.3) is 27.4 Å². The zero-order chi connectivity index (χ0) is 18.7. The number of carbonyl (C=O) groups is 2. The Morgan fingerprint density at radius 1 is 1.07 bits per heavy atom. The molecule has 0 radical (unpaired) electrons. The van der Waals surface area contributed by atoms with Crippen LogP contribution in [0.15, 0.2) is 46.6 Å². The van der Waals surface area contributed by atoms with E-state index in [2.05, 4.69) is 15.3 Å². The molecule has 4 N–H and O–H groups in total. The van der Waals surface area contributed by atoms with Crippen molar-refractivity contribution in [2.45, 2.75) is 0 Å². The molecule has 1 aliphatic rings. The van der Waals surface area contributed by atoms with Crippen molar-refractivity contribution in [2.75, 3.05) is 5.73 Å². The van der Waals surface area contributed by atoms with Gasteiger partial charge in [0.1, 0.15) is 11.6 Å². The van der Waals surface area contributed by atoms with Crippen molar-refractivity contribution >= 4 is 40.0 Å². The van der Waals surface area contributed by atoms with Gasteiger partial charge in [0.15, 0.2) is 0 Å². The van der Waals surface area contributed by atoms with Crippen LogP contribution < -0.4 is 16.6 Å². The molecule has 8 nitrogen and oxygen atoms in total. The Hall–Kier alpha value is -3.72. The van der Waals surface area contributed by atoms with Gasteiger partial charge in [-0.3, -0.25) is 24.3 Å². The normalized spacial score (nSPS) is 13.2. The number of rotatable bonds is 2. The average molecular weight is 377 g/mol. The van der Waals surface area contributed by atoms with Gasteiger partial charge in [-0.2, -0.15) is 0 Å². The Morgan fingerprint density at radius 2 is 1.93 bits per heavy atom. The van der Waals surface area contributed by atoms with E-state index in [1.807, 2.05) is 17.5 Å². The first-order chi connectivity index (χ1) is 13.0. The highest BCUT2D eigenvalue weighted by Gasteiger charge is 2.31. The third kappa shape index (κ3) is 2.22. The lowest BCUT2D eigenvalue weighted by atomic mass is 10.1. The number of anilines is 1. The number of fused-ring (bicyclic) bond motifs is 2. The van der Waals surface area contributed by atoms with Crippen LogP contribution in [-0.4, -0.2) is 26.3 Å². The molecule has 2 amide bonds. The van der Waals surface area contributed by atoms with Crippen LogP contribution in [0.4, 0.5) is 5.82 Å². The largest absolute Gasteiger partial charge is 0.384 e. The molecule has 0 aliphatic carbocycles. The highest BCUT2D eigenvalue weighted by atomic mass is 32.1. The zero-order valence-corrected chi connectivity index (χ0v) is 14.5. The summed E-state index contributed by atoms with van der Waals surface area (Å²) in [5.74, 6) is -0.561. The zero-order valence-electron chi connectivity index (χ0n) is 13.6. The fourth-order valence-corrected chi connectivity index (χ4v) is 3.88. The van der Waals surface area contributed by atoms with Crippen molar-refractivity contribution in [1.29, 1.82) is 0 Å². The molecule has 1 aromatic carbocycles. The summed E-state index contributed by atoms with van der Waals surface area (Å²) >= 11 is 1.57. The maximum absolute atomic E-state index is 12.5. The molecule has 0 spiro atoms. The van der Waals surface area contributed by atoms with E-state index >= 15 is 0 Å². The molecule has 1 aliphatic heterocycles. The van der Waals surface area contributed by atoms with Gasteiger partial charge in [-0.05, 0) is 29.6 Å². The van der Waals surface area contributed by atoms with Gasteiger partial charge in [0.25, 0.3) is 17.4 Å². The predicted octanol–water partition coefficient (Wildman–Crippen LogP) is 1.91. The number of amides is 2. The smallest absolute Gasteiger partial charge is 0.262 e. The Kier molecular flexibility index (Phi) is 3.10. The molecule has 5 rings (SSSR count). The molecule has 4 aromatic rings. The molecular weight excluding hydrogens is 366 g/mol. The van der Waals surface area contributed by atoms with E-state index < -0.39 is 17.4 Å². The standard InChI is InChI=1S/C18H11N5O3S/c19-15-14-9(17(25)22-18(14)26)7-13(24)23(15)8-3-4-10-11(6-8)21-16(20-10)12-2-1-5-27-12/h1-7H,19H2,(H,20,21)(H,22,25,26). The average Bonchev–Trinajstić information content (AvgIpc) is 3.34. The van der Waals surface area contributed by atoms with Crippen molar-refractivity contribution in [3.05, 3.63) is 63.3 Å². The minimum Gasteiger partial charge on any atom is -0.384 e. The number of imide groups is 1. The Labute approximate surface area is 155 Å². The number of pyridine rings is 1. The highest BCUT2D eigenvalue weighted by Crippen LogP contribution is 2.27. The summed E-state index contributed by atoms with van der Waals surface area (Å²) in [6, 6.07) is 10.2. The number of imidazole rings is 1. The number of nitrogens with one attached hydrogen (secondary N) is 2. The summed E-state index contributed by atoms with van der Waals surface area (Å²) in [5.41, 5.74) is 7.54. The van der Waals surface area contributed by atoms with Gasteiger partial charge in [0, 0.05) is 6.07 Å². The monoisotopic (exact) mass is 377 g/mol. The topological polar surface area (TPSA) is 123 Å². The molecular formula is C18H11N5O3S. The van der Waals surface area contributed by atoms with E-state index in [9.17, 15) is 14.4 Å². The van der Waals surface area contributed by atoms with Crippen molar-refractivity contribution < 1.29 is 9.59 Å². The lowest BCUT2D eigenvalue weighted by Gasteiger charge is -2.11. The first kappa shape index (κ1) is 15.5. The first-order valence-electron chi connectivity index (χ1n) is 7.98. The molecule has 132 valence electrons. The third-order valence-electron chi connectivity index (χ3n) is 4.43. The number of thiophene rings is 1. The molecule has 0 fully saturated rings. The second-order valence-electron chi connectivity index (χ2n) is 6.04. The van der Waals surface area contributed by atoms with Gasteiger partial charge in [0.2, 0.25) is 0 Å². The van der Waals surface area contributed by atoms with E-state index in [4.69, 9.17) is 5.73 Å². The second kappa shape index (κ2) is 5.39. The van der Waals surface area contributed by atoms with Gasteiger partial charge in [-0.25, -0.2) is 4.98 Å². The van der Waals surface area contributed by atoms with Crippen LogP contribution in [-0.2, 0) is 0 Å². The number of carbonyl (C=O) groups excluding carboxylic acids is 2. The number of nitrogens with two attached hydrogens (primary N) is 1. The fraction of sp³-hybridized carbons (Fsp3) is 0. The van der Waals surface area contributed by atoms with Crippen LogP contribution >= 0.6 is 11.3 Å². The number of aromatic nitrogens is 3. The van der Waals surface area contributed by atoms with Crippen molar-refractivity contribution in [1.82, 2.24) is 19.9 Å². The minimum absolute atomic E-state index is 0.00125. The predicted molar refractivity (Wildman–Crippen MR) is 101 cm³/mol. The number of benzene rings is 1. The Balaban J connectivity index is 1.70. The molecule has 3 aromatic heterocycles. The van der Waals surface area contributed by atoms with E-state index in [0.717, 1.165) is 27.8 Å². The second-order valence-corrected chi connectivity index (χ2v) is 6.99. The number of H-pyrrole nitrogens is 1. The highest BCUT2D eigenvalue weighted by molar-refractivity contribution is 7.13. The number of nitrogen functional groups attached to an aromatic ring is 1. The summed E-state index contributed by atoms with van der Waals surface area (Å²) in [6.07, 6.45) is 0. The van der Waals surface area contributed by atoms with E-state index in [0.29, 0.717) is 5.69 Å². The van der Waals surface area contributed by atoms with Gasteiger partial charge < -0.3 is 10.7 Å². The van der Waals surface area contributed by atoms with E-state index in [-0.39, 0.29) is 16.9 Å². The molecule has 9 heteroatoms. The fourth-order valence-electron chi connectivity index (χ4n) is 3.21. The van der Waals surface area contributed by atoms with Crippen molar-refractivity contribution in [3.8, 4) is 16.4 Å². The maximum atomic E-state index is 12.5. The maximum Gasteiger partial charge on any atom is 0.262 e. The van der Waals surface area contributed by atoms with Gasteiger partial charge in [0.05, 0.1) is 32.7 Å². The van der Waals surface area contributed by atoms with Gasteiger partial charge in [-0.1, -0.05) is 6.07 Å². The molecule has 0 atom stereocenters. The summed E-state index contributed by atoms with van der Waals surface area (Å²) in [4.78, 5) is 45.1. The quantitative estimate of drug-likeness (QED) is 0.461. The molecule has 0 unspecified atom stereocenters. The minimum atomic E-state index is -0.615. The van der Waals surface area contributed by atoms with Crippen LogP contribution in [0, 0.1) is 0 Å². The van der Waals surface area contributed by atoms with Gasteiger partial charge in [-0.15, -0.1) is 11.3 Å². The summed E-state index contributed by atoms with van der Waals surface area (Å²) < 4.78 is 1.21. The number of hydrogen-bond donors (Lipinski definition) is 3. The first-order valence-corrected chi connectivity index (χ1v) is 8.86. The van der Waals surface area contributed by atoms with Crippen molar-refractivity contribution in [2.24, 2.45) is 0 Å². The van der Waals surface area contributed by atoms with Crippen LogP contribution in [0.2, 0.25) is 0 Å². The lowest BCUT2D eigenvalue weighted by molar-refractivity contribution is 0.0880. The van der Waals surface area contributed by atoms with E-state index in [1.165, 1.54) is 4.57 Å². The third-order valence-corrected chi connectivity index (χ3v) is 5.31. The Morgan fingerprint density at radius 3 is 2.70 bits per heavy atom. The van der Waals surface area contributed by atoms with Gasteiger partial charge >= 0.3 is 0 Å².